The fourth-order valence-corrected chi connectivity index (χ4v) is 5.43. The Kier molecular flexibility index (Phi) is 7.62. The molecule has 2 aliphatic rings. The van der Waals surface area contributed by atoms with Crippen LogP contribution in [0.25, 0.3) is 0 Å². The second-order valence-corrected chi connectivity index (χ2v) is 10.1. The van der Waals surface area contributed by atoms with Gasteiger partial charge in [-0.2, -0.15) is 4.31 Å². The maximum absolute atomic E-state index is 13.1. The van der Waals surface area contributed by atoms with Crippen molar-refractivity contribution in [1.29, 1.82) is 0 Å². The van der Waals surface area contributed by atoms with Crippen molar-refractivity contribution in [2.24, 2.45) is 5.92 Å². The molecule has 0 saturated carbocycles. The van der Waals surface area contributed by atoms with Crippen LogP contribution in [-0.2, 0) is 19.6 Å². The minimum atomic E-state index is -3.70. The Morgan fingerprint density at radius 2 is 1.76 bits per heavy atom. The Labute approximate surface area is 198 Å². The van der Waals surface area contributed by atoms with Crippen LogP contribution < -0.4 is 14.2 Å². The van der Waals surface area contributed by atoms with E-state index in [1.165, 1.54) is 16.4 Å². The number of benzene rings is 2. The number of carbonyl (C=O) groups excluding carboxylic acids is 1. The lowest BCUT2D eigenvalue weighted by atomic mass is 9.98. The highest BCUT2D eigenvalue weighted by molar-refractivity contribution is 7.89. The zero-order chi connectivity index (χ0) is 23.3. The average Bonchev–Trinajstić information content (AvgIpc) is 3.08. The number of sulfonamides is 1. The average molecular weight is 496 g/mol. The highest BCUT2D eigenvalue weighted by Gasteiger charge is 2.33. The minimum absolute atomic E-state index is 0.0970. The molecule has 2 aromatic carbocycles. The molecule has 4 rings (SSSR count). The summed E-state index contributed by atoms with van der Waals surface area (Å²) < 4.78 is 49.6. The van der Waals surface area contributed by atoms with E-state index in [0.29, 0.717) is 48.3 Å². The first-order valence-electron chi connectivity index (χ1n) is 10.9. The number of hydrogen-bond acceptors (Lipinski definition) is 7. The predicted octanol–water partition coefficient (Wildman–Crippen LogP) is 3.52. The van der Waals surface area contributed by atoms with Crippen LogP contribution in [0.15, 0.2) is 47.4 Å². The third-order valence-electron chi connectivity index (χ3n) is 5.57. The summed E-state index contributed by atoms with van der Waals surface area (Å²) in [7, 11) is -3.70. The lowest BCUT2D eigenvalue weighted by molar-refractivity contribution is -0.150. The third kappa shape index (κ3) is 5.72. The molecule has 2 heterocycles. The van der Waals surface area contributed by atoms with Gasteiger partial charge in [0.1, 0.15) is 19.0 Å². The predicted molar refractivity (Wildman–Crippen MR) is 121 cm³/mol. The monoisotopic (exact) mass is 495 g/mol. The number of hydrogen-bond donors (Lipinski definition) is 0. The number of halogens is 1. The van der Waals surface area contributed by atoms with Crippen LogP contribution in [0.3, 0.4) is 0 Å². The number of esters is 1. The van der Waals surface area contributed by atoms with E-state index in [2.05, 4.69) is 0 Å². The molecule has 0 atom stereocenters. The summed E-state index contributed by atoms with van der Waals surface area (Å²) in [6, 6.07) is 11.7. The van der Waals surface area contributed by atoms with Crippen molar-refractivity contribution in [2.75, 3.05) is 39.5 Å². The van der Waals surface area contributed by atoms with Gasteiger partial charge in [0.2, 0.25) is 10.0 Å². The molecule has 8 nitrogen and oxygen atoms in total. The topological polar surface area (TPSA) is 91.4 Å². The molecular weight excluding hydrogens is 470 g/mol. The van der Waals surface area contributed by atoms with E-state index >= 15 is 0 Å². The fraction of sp³-hybridized carbons (Fsp3) is 0.435. The van der Waals surface area contributed by atoms with Gasteiger partial charge in [0, 0.05) is 25.6 Å². The second kappa shape index (κ2) is 10.6. The van der Waals surface area contributed by atoms with Crippen molar-refractivity contribution in [2.45, 2.75) is 24.2 Å². The molecule has 33 heavy (non-hydrogen) atoms. The van der Waals surface area contributed by atoms with E-state index in [0.717, 1.165) is 6.42 Å². The van der Waals surface area contributed by atoms with Gasteiger partial charge in [-0.25, -0.2) is 8.42 Å². The molecule has 0 aliphatic carbocycles. The molecule has 2 aromatic rings. The number of piperidine rings is 1. The Hall–Kier alpha value is -2.49. The summed E-state index contributed by atoms with van der Waals surface area (Å²) in [6.07, 6.45) is 1.54. The number of nitrogens with zero attached hydrogens (tertiary/aromatic N) is 1. The van der Waals surface area contributed by atoms with Crippen LogP contribution in [0.2, 0.25) is 5.02 Å². The second-order valence-electron chi connectivity index (χ2n) is 7.78. The van der Waals surface area contributed by atoms with Gasteiger partial charge in [0.25, 0.3) is 0 Å². The maximum atomic E-state index is 13.1. The van der Waals surface area contributed by atoms with Crippen LogP contribution in [0.1, 0.15) is 19.3 Å². The molecule has 0 radical (unpaired) electrons. The number of carbonyl (C=O) groups is 1. The van der Waals surface area contributed by atoms with Gasteiger partial charge in [-0.3, -0.25) is 4.79 Å². The number of ether oxygens (including phenoxy) is 4. The number of rotatable bonds is 7. The first-order chi connectivity index (χ1) is 15.9. The fourth-order valence-electron chi connectivity index (χ4n) is 3.76. The van der Waals surface area contributed by atoms with Gasteiger partial charge in [-0.1, -0.05) is 23.7 Å². The Morgan fingerprint density at radius 1 is 1.03 bits per heavy atom. The number of fused-ring (bicyclic) bond motifs is 1. The third-order valence-corrected chi connectivity index (χ3v) is 7.77. The smallest absolute Gasteiger partial charge is 0.309 e. The van der Waals surface area contributed by atoms with Crippen molar-refractivity contribution in [3.8, 4) is 17.2 Å². The van der Waals surface area contributed by atoms with Crippen LogP contribution in [-0.4, -0.2) is 58.2 Å². The minimum Gasteiger partial charge on any atom is -0.490 e. The zero-order valence-corrected chi connectivity index (χ0v) is 19.6. The zero-order valence-electron chi connectivity index (χ0n) is 18.1. The highest BCUT2D eigenvalue weighted by Crippen LogP contribution is 2.34. The quantitative estimate of drug-likeness (QED) is 0.428. The molecular formula is C23H26ClNO7S. The SMILES string of the molecule is O=C(OCCOc1ccccc1Cl)C1CCN(S(=O)(=O)c2ccc3c(c2)OCCCO3)CC1. The molecule has 0 spiro atoms. The standard InChI is InChI=1S/C23H26ClNO7S/c24-19-4-1-2-5-20(19)31-14-15-32-23(26)17-8-10-25(11-9-17)33(27,28)18-6-7-21-22(16-18)30-13-3-12-29-21/h1-2,4-7,16-17H,3,8-15H2. The van der Waals surface area contributed by atoms with Gasteiger partial charge in [0.15, 0.2) is 11.5 Å². The molecule has 0 aromatic heterocycles. The molecule has 10 heteroatoms. The molecule has 0 amide bonds. The molecule has 0 unspecified atom stereocenters. The van der Waals surface area contributed by atoms with Crippen molar-refractivity contribution < 1.29 is 32.2 Å². The van der Waals surface area contributed by atoms with E-state index < -0.39 is 10.0 Å². The van der Waals surface area contributed by atoms with E-state index in [9.17, 15) is 13.2 Å². The van der Waals surface area contributed by atoms with Gasteiger partial charge in [-0.15, -0.1) is 0 Å². The van der Waals surface area contributed by atoms with Crippen LogP contribution in [0.4, 0.5) is 0 Å². The lowest BCUT2D eigenvalue weighted by Crippen LogP contribution is -2.40. The summed E-state index contributed by atoms with van der Waals surface area (Å²) >= 11 is 6.02. The van der Waals surface area contributed by atoms with Crippen LogP contribution >= 0.6 is 11.6 Å². The maximum Gasteiger partial charge on any atom is 0.309 e. The summed E-state index contributed by atoms with van der Waals surface area (Å²) in [5, 5.41) is 0.492. The molecule has 1 saturated heterocycles. The van der Waals surface area contributed by atoms with Crippen LogP contribution in [0.5, 0.6) is 17.2 Å². The van der Waals surface area contributed by atoms with E-state index in [4.69, 9.17) is 30.5 Å². The van der Waals surface area contributed by atoms with Gasteiger partial charge in [-0.05, 0) is 37.1 Å². The van der Waals surface area contributed by atoms with E-state index in [1.54, 1.807) is 30.3 Å². The van der Waals surface area contributed by atoms with Crippen molar-refractivity contribution >= 4 is 27.6 Å². The van der Waals surface area contributed by atoms with E-state index in [1.807, 2.05) is 0 Å². The van der Waals surface area contributed by atoms with Crippen molar-refractivity contribution in [1.82, 2.24) is 4.31 Å². The molecule has 0 N–H and O–H groups in total. The largest absolute Gasteiger partial charge is 0.490 e. The Bertz CT molecular complexity index is 1080. The van der Waals surface area contributed by atoms with Crippen molar-refractivity contribution in [3.05, 3.63) is 47.5 Å². The lowest BCUT2D eigenvalue weighted by Gasteiger charge is -2.30. The molecule has 1 fully saturated rings. The van der Waals surface area contributed by atoms with Crippen LogP contribution in [0, 0.1) is 5.92 Å². The summed E-state index contributed by atoms with van der Waals surface area (Å²) in [5.41, 5.74) is 0. The summed E-state index contributed by atoms with van der Waals surface area (Å²) in [5.74, 6) is 0.826. The first kappa shape index (κ1) is 23.7. The van der Waals surface area contributed by atoms with Gasteiger partial charge in [0.05, 0.1) is 29.0 Å². The Balaban J connectivity index is 1.27. The molecule has 2 aliphatic heterocycles. The van der Waals surface area contributed by atoms with E-state index in [-0.39, 0.29) is 43.1 Å². The molecule has 0 bridgehead atoms. The van der Waals surface area contributed by atoms with Gasteiger partial charge < -0.3 is 18.9 Å². The summed E-state index contributed by atoms with van der Waals surface area (Å²) in [4.78, 5) is 12.6. The highest BCUT2D eigenvalue weighted by atomic mass is 35.5. The summed E-state index contributed by atoms with van der Waals surface area (Å²) in [6.45, 7) is 1.79. The Morgan fingerprint density at radius 3 is 2.52 bits per heavy atom. The normalized spacial score (nSPS) is 17.2. The molecule has 178 valence electrons. The first-order valence-corrected chi connectivity index (χ1v) is 12.7. The van der Waals surface area contributed by atoms with Gasteiger partial charge >= 0.3 is 5.97 Å². The number of para-hydroxylation sites is 1. The van der Waals surface area contributed by atoms with Crippen molar-refractivity contribution in [3.63, 3.8) is 0 Å².